The highest BCUT2D eigenvalue weighted by Crippen LogP contribution is 2.29. The Hall–Kier alpha value is -2.50. The number of aromatic nitrogens is 2. The molecule has 0 N–H and O–H groups in total. The number of halogens is 1. The molecule has 0 radical (unpaired) electrons. The number of carbonyl (C=O) groups is 1. The van der Waals surface area contributed by atoms with E-state index >= 15 is 0 Å². The third kappa shape index (κ3) is 3.94. The zero-order valence-electron chi connectivity index (χ0n) is 15.7. The van der Waals surface area contributed by atoms with Crippen molar-refractivity contribution in [3.8, 4) is 0 Å². The minimum Gasteiger partial charge on any atom is -0.356 e. The molecule has 142 valence electrons. The van der Waals surface area contributed by atoms with Crippen LogP contribution in [-0.4, -0.2) is 40.4 Å². The lowest BCUT2D eigenvalue weighted by Gasteiger charge is -2.34. The van der Waals surface area contributed by atoms with Crippen LogP contribution in [0.4, 0.5) is 10.2 Å². The molecule has 0 bridgehead atoms. The molecule has 1 amide bonds. The molecule has 3 heterocycles. The fourth-order valence-corrected chi connectivity index (χ4v) is 3.99. The van der Waals surface area contributed by atoms with Gasteiger partial charge in [0.25, 0.3) is 0 Å². The maximum Gasteiger partial charge on any atom is 0.227 e. The van der Waals surface area contributed by atoms with E-state index in [9.17, 15) is 9.18 Å². The molecule has 1 aromatic carbocycles. The van der Waals surface area contributed by atoms with Gasteiger partial charge in [0.05, 0.1) is 18.7 Å². The number of hydrogen-bond acceptors (Lipinski definition) is 4. The third-order valence-corrected chi connectivity index (χ3v) is 5.43. The number of nitrogens with zero attached hydrogens (tertiary/aromatic N) is 4. The number of piperidine rings is 1. The molecule has 5 nitrogen and oxygen atoms in total. The van der Waals surface area contributed by atoms with Crippen molar-refractivity contribution in [3.63, 3.8) is 0 Å². The third-order valence-electron chi connectivity index (χ3n) is 5.43. The maximum atomic E-state index is 13.1. The van der Waals surface area contributed by atoms with E-state index in [0.29, 0.717) is 19.5 Å². The topological polar surface area (TPSA) is 49.3 Å². The second-order valence-corrected chi connectivity index (χ2v) is 7.44. The van der Waals surface area contributed by atoms with Crippen molar-refractivity contribution in [3.05, 3.63) is 52.7 Å². The van der Waals surface area contributed by atoms with Gasteiger partial charge in [0, 0.05) is 31.6 Å². The normalized spacial score (nSPS) is 17.0. The smallest absolute Gasteiger partial charge is 0.227 e. The van der Waals surface area contributed by atoms with Crippen LogP contribution in [0.2, 0.25) is 0 Å². The fourth-order valence-electron chi connectivity index (χ4n) is 3.99. The molecular formula is C21H25FN4O. The van der Waals surface area contributed by atoms with E-state index in [4.69, 9.17) is 4.98 Å². The average Bonchev–Trinajstić information content (AvgIpc) is 2.69. The monoisotopic (exact) mass is 368 g/mol. The Morgan fingerprint density at radius 3 is 2.56 bits per heavy atom. The molecule has 0 aliphatic carbocycles. The highest BCUT2D eigenvalue weighted by Gasteiger charge is 2.27. The molecule has 0 atom stereocenters. The van der Waals surface area contributed by atoms with Crippen LogP contribution in [0.5, 0.6) is 0 Å². The number of amides is 1. The predicted molar refractivity (Wildman–Crippen MR) is 102 cm³/mol. The highest BCUT2D eigenvalue weighted by molar-refractivity contribution is 5.79. The predicted octanol–water partition coefficient (Wildman–Crippen LogP) is 3.04. The number of aryl methyl sites for hydroxylation is 1. The van der Waals surface area contributed by atoms with Gasteiger partial charge in [-0.15, -0.1) is 0 Å². The Morgan fingerprint density at radius 2 is 1.81 bits per heavy atom. The Morgan fingerprint density at radius 1 is 1.07 bits per heavy atom. The van der Waals surface area contributed by atoms with Crippen molar-refractivity contribution in [2.45, 2.75) is 45.6 Å². The van der Waals surface area contributed by atoms with Crippen LogP contribution in [0.1, 0.15) is 41.9 Å². The number of benzene rings is 1. The summed E-state index contributed by atoms with van der Waals surface area (Å²) >= 11 is 0. The Balaban J connectivity index is 1.54. The number of carbonyl (C=O) groups excluding carboxylic acids is 1. The van der Waals surface area contributed by atoms with Crippen molar-refractivity contribution < 1.29 is 9.18 Å². The SMILES string of the molecule is Cc1nc2c(c(N3CCCCC3)n1)CN(C(=O)Cc1ccc(F)cc1)CC2. The van der Waals surface area contributed by atoms with E-state index in [2.05, 4.69) is 9.88 Å². The molecule has 1 saturated heterocycles. The summed E-state index contributed by atoms with van der Waals surface area (Å²) in [5, 5.41) is 0. The van der Waals surface area contributed by atoms with Gasteiger partial charge >= 0.3 is 0 Å². The van der Waals surface area contributed by atoms with E-state index in [1.807, 2.05) is 11.8 Å². The van der Waals surface area contributed by atoms with E-state index in [0.717, 1.165) is 48.0 Å². The van der Waals surface area contributed by atoms with E-state index in [-0.39, 0.29) is 11.7 Å². The van der Waals surface area contributed by atoms with Crippen LogP contribution in [0.15, 0.2) is 24.3 Å². The maximum absolute atomic E-state index is 13.1. The second kappa shape index (κ2) is 7.62. The van der Waals surface area contributed by atoms with E-state index < -0.39 is 0 Å². The first-order valence-electron chi connectivity index (χ1n) is 9.74. The summed E-state index contributed by atoms with van der Waals surface area (Å²) in [6, 6.07) is 6.16. The summed E-state index contributed by atoms with van der Waals surface area (Å²) in [5.74, 6) is 1.60. The van der Waals surface area contributed by atoms with Gasteiger partial charge in [-0.2, -0.15) is 0 Å². The molecule has 0 spiro atoms. The number of anilines is 1. The Bertz CT molecular complexity index is 831. The molecule has 2 aliphatic rings. The Kier molecular flexibility index (Phi) is 5.05. The lowest BCUT2D eigenvalue weighted by atomic mass is 10.0. The van der Waals surface area contributed by atoms with Crippen molar-refractivity contribution in [2.24, 2.45) is 0 Å². The van der Waals surface area contributed by atoms with Crippen LogP contribution in [0.25, 0.3) is 0 Å². The van der Waals surface area contributed by atoms with Crippen molar-refractivity contribution in [1.29, 1.82) is 0 Å². The van der Waals surface area contributed by atoms with E-state index in [1.54, 1.807) is 12.1 Å². The quantitative estimate of drug-likeness (QED) is 0.836. The highest BCUT2D eigenvalue weighted by atomic mass is 19.1. The van der Waals surface area contributed by atoms with Crippen molar-refractivity contribution >= 4 is 11.7 Å². The summed E-state index contributed by atoms with van der Waals surface area (Å²) in [7, 11) is 0. The molecule has 0 saturated carbocycles. The molecule has 0 unspecified atom stereocenters. The van der Waals surface area contributed by atoms with Crippen LogP contribution >= 0.6 is 0 Å². The first-order chi connectivity index (χ1) is 13.1. The summed E-state index contributed by atoms with van der Waals surface area (Å²) in [4.78, 5) is 26.4. The largest absolute Gasteiger partial charge is 0.356 e. The fraction of sp³-hybridized carbons (Fsp3) is 0.476. The first kappa shape index (κ1) is 17.9. The molecule has 27 heavy (non-hydrogen) atoms. The molecular weight excluding hydrogens is 343 g/mol. The van der Waals surface area contributed by atoms with Crippen molar-refractivity contribution in [2.75, 3.05) is 24.5 Å². The first-order valence-corrected chi connectivity index (χ1v) is 9.74. The van der Waals surface area contributed by atoms with Crippen LogP contribution < -0.4 is 4.90 Å². The van der Waals surface area contributed by atoms with Gasteiger partial charge in [-0.25, -0.2) is 14.4 Å². The molecule has 2 aromatic rings. The summed E-state index contributed by atoms with van der Waals surface area (Å²) in [6.07, 6.45) is 4.69. The number of fused-ring (bicyclic) bond motifs is 1. The van der Waals surface area contributed by atoms with E-state index in [1.165, 1.54) is 31.4 Å². The van der Waals surface area contributed by atoms with Crippen LogP contribution in [-0.2, 0) is 24.2 Å². The second-order valence-electron chi connectivity index (χ2n) is 7.44. The lowest BCUT2D eigenvalue weighted by molar-refractivity contribution is -0.131. The van der Waals surface area contributed by atoms with Gasteiger partial charge in [-0.1, -0.05) is 12.1 Å². The molecule has 1 fully saturated rings. The molecule has 2 aliphatic heterocycles. The average molecular weight is 368 g/mol. The molecule has 6 heteroatoms. The van der Waals surface area contributed by atoms with Gasteiger partial charge in [-0.05, 0) is 43.9 Å². The summed E-state index contributed by atoms with van der Waals surface area (Å²) in [5.41, 5.74) is 3.01. The minimum absolute atomic E-state index is 0.0671. The van der Waals surface area contributed by atoms with Gasteiger partial charge in [0.2, 0.25) is 5.91 Å². The number of rotatable bonds is 3. The molecule has 1 aromatic heterocycles. The zero-order chi connectivity index (χ0) is 18.8. The standard InChI is InChI=1S/C21H25FN4O/c1-15-23-19-9-12-26(20(27)13-16-5-7-17(22)8-6-16)14-18(19)21(24-15)25-10-3-2-4-11-25/h5-8H,2-4,9-14H2,1H3. The summed E-state index contributed by atoms with van der Waals surface area (Å²) < 4.78 is 13.1. The summed E-state index contributed by atoms with van der Waals surface area (Å²) in [6.45, 7) is 5.21. The van der Waals surface area contributed by atoms with Gasteiger partial charge < -0.3 is 9.80 Å². The minimum atomic E-state index is -0.281. The molecule has 4 rings (SSSR count). The zero-order valence-corrected chi connectivity index (χ0v) is 15.7. The van der Waals surface area contributed by atoms with Crippen LogP contribution in [0.3, 0.4) is 0 Å². The Labute approximate surface area is 159 Å². The van der Waals surface area contributed by atoms with Gasteiger partial charge in [-0.3, -0.25) is 4.79 Å². The van der Waals surface area contributed by atoms with Gasteiger partial charge in [0.1, 0.15) is 17.5 Å². The van der Waals surface area contributed by atoms with Crippen LogP contribution in [0, 0.1) is 12.7 Å². The number of hydrogen-bond donors (Lipinski definition) is 0. The lowest BCUT2D eigenvalue weighted by Crippen LogP contribution is -2.39. The van der Waals surface area contributed by atoms with Gasteiger partial charge in [0.15, 0.2) is 0 Å². The van der Waals surface area contributed by atoms with Crippen molar-refractivity contribution in [1.82, 2.24) is 14.9 Å².